The van der Waals surface area contributed by atoms with Gasteiger partial charge in [0.25, 0.3) is 0 Å². The fourth-order valence-electron chi connectivity index (χ4n) is 1.15. The normalized spacial score (nSPS) is 18.2. The highest BCUT2D eigenvalue weighted by atomic mass is 16.2. The van der Waals surface area contributed by atoms with E-state index in [1.165, 1.54) is 5.01 Å². The van der Waals surface area contributed by atoms with Crippen molar-refractivity contribution < 1.29 is 4.79 Å². The zero-order valence-electron chi connectivity index (χ0n) is 7.86. The van der Waals surface area contributed by atoms with E-state index in [0.29, 0.717) is 25.9 Å². The summed E-state index contributed by atoms with van der Waals surface area (Å²) < 4.78 is 0. The van der Waals surface area contributed by atoms with Crippen LogP contribution in [0.25, 0.3) is 0 Å². The molecule has 0 aliphatic carbocycles. The summed E-state index contributed by atoms with van der Waals surface area (Å²) in [6, 6.07) is 0. The first kappa shape index (κ1) is 9.92. The van der Waals surface area contributed by atoms with Gasteiger partial charge in [-0.25, -0.2) is 5.01 Å². The monoisotopic (exact) mass is 181 g/mol. The minimum absolute atomic E-state index is 0.0790. The number of allylic oxidation sites excluding steroid dienone is 1. The van der Waals surface area contributed by atoms with Gasteiger partial charge in [0.1, 0.15) is 0 Å². The van der Waals surface area contributed by atoms with Gasteiger partial charge in [0.05, 0.1) is 12.3 Å². The molecule has 1 heterocycles. The number of hydrogen-bond donors (Lipinski definition) is 1. The Morgan fingerprint density at radius 3 is 3.00 bits per heavy atom. The first-order valence-electron chi connectivity index (χ1n) is 4.46. The molecule has 0 radical (unpaired) electrons. The van der Waals surface area contributed by atoms with Crippen LogP contribution in [-0.4, -0.2) is 29.7 Å². The third-order valence-corrected chi connectivity index (χ3v) is 1.93. The second-order valence-corrected chi connectivity index (χ2v) is 2.92. The number of nitrogens with two attached hydrogens (primary N) is 1. The predicted octanol–water partition coefficient (Wildman–Crippen LogP) is 0.500. The van der Waals surface area contributed by atoms with Gasteiger partial charge in [-0.2, -0.15) is 5.10 Å². The van der Waals surface area contributed by atoms with Crippen LogP contribution in [0, 0.1) is 0 Å². The highest BCUT2D eigenvalue weighted by Crippen LogP contribution is 2.08. The van der Waals surface area contributed by atoms with Crippen LogP contribution in [0.5, 0.6) is 0 Å². The Morgan fingerprint density at radius 2 is 2.38 bits per heavy atom. The molecule has 1 amide bonds. The number of carbonyl (C=O) groups is 1. The van der Waals surface area contributed by atoms with Gasteiger partial charge in [0.15, 0.2) is 0 Å². The molecule has 1 aliphatic heterocycles. The summed E-state index contributed by atoms with van der Waals surface area (Å²) >= 11 is 0. The highest BCUT2D eigenvalue weighted by Gasteiger charge is 2.17. The third kappa shape index (κ3) is 2.66. The van der Waals surface area contributed by atoms with E-state index in [-0.39, 0.29) is 5.91 Å². The van der Waals surface area contributed by atoms with E-state index >= 15 is 0 Å². The molecule has 0 saturated heterocycles. The maximum absolute atomic E-state index is 11.3. The third-order valence-electron chi connectivity index (χ3n) is 1.93. The van der Waals surface area contributed by atoms with Crippen LogP contribution in [0.2, 0.25) is 0 Å². The molecule has 0 aromatic rings. The molecule has 0 saturated carbocycles. The lowest BCUT2D eigenvalue weighted by Gasteiger charge is -2.21. The molecular weight excluding hydrogens is 166 g/mol. The smallest absolute Gasteiger partial charge is 0.243 e. The van der Waals surface area contributed by atoms with E-state index in [1.54, 1.807) is 0 Å². The molecule has 0 spiro atoms. The molecule has 13 heavy (non-hydrogen) atoms. The minimum Gasteiger partial charge on any atom is -0.325 e. The average molecular weight is 181 g/mol. The van der Waals surface area contributed by atoms with Gasteiger partial charge in [-0.3, -0.25) is 4.79 Å². The standard InChI is InChI=1S/C9H15N3O/c1-2-3-6-12-9(13)5-4-8(7-10)11-12/h2-3H,4-7,10H2,1H3/b3-2+. The Bertz CT molecular complexity index is 245. The Labute approximate surface area is 78.1 Å². The summed E-state index contributed by atoms with van der Waals surface area (Å²) in [4.78, 5) is 11.3. The summed E-state index contributed by atoms with van der Waals surface area (Å²) in [5, 5.41) is 5.62. The summed E-state index contributed by atoms with van der Waals surface area (Å²) in [7, 11) is 0. The van der Waals surface area contributed by atoms with Crippen molar-refractivity contribution in [1.29, 1.82) is 0 Å². The van der Waals surface area contributed by atoms with Crippen molar-refractivity contribution in [2.75, 3.05) is 13.1 Å². The molecule has 0 atom stereocenters. The lowest BCUT2D eigenvalue weighted by atomic mass is 10.2. The zero-order valence-corrected chi connectivity index (χ0v) is 7.86. The van der Waals surface area contributed by atoms with E-state index in [9.17, 15) is 4.79 Å². The molecule has 0 bridgehead atoms. The van der Waals surface area contributed by atoms with Crippen LogP contribution >= 0.6 is 0 Å². The van der Waals surface area contributed by atoms with E-state index < -0.39 is 0 Å². The Kier molecular flexibility index (Phi) is 3.64. The molecular formula is C9H15N3O. The molecule has 4 heteroatoms. The molecule has 4 nitrogen and oxygen atoms in total. The number of hydrogen-bond acceptors (Lipinski definition) is 3. The SMILES string of the molecule is C/C=C/CN1N=C(CN)CCC1=O. The Balaban J connectivity index is 2.63. The summed E-state index contributed by atoms with van der Waals surface area (Å²) in [6.07, 6.45) is 5.05. The van der Waals surface area contributed by atoms with Crippen molar-refractivity contribution in [1.82, 2.24) is 5.01 Å². The molecule has 1 aliphatic rings. The largest absolute Gasteiger partial charge is 0.325 e. The number of hydrazone groups is 1. The molecule has 72 valence electrons. The van der Waals surface area contributed by atoms with Crippen molar-refractivity contribution in [3.05, 3.63) is 12.2 Å². The summed E-state index contributed by atoms with van der Waals surface area (Å²) in [5.74, 6) is 0.0790. The maximum atomic E-state index is 11.3. The average Bonchev–Trinajstić information content (AvgIpc) is 2.17. The van der Waals surface area contributed by atoms with Crippen molar-refractivity contribution in [3.63, 3.8) is 0 Å². The number of rotatable bonds is 3. The fraction of sp³-hybridized carbons (Fsp3) is 0.556. The van der Waals surface area contributed by atoms with Crippen LogP contribution in [0.15, 0.2) is 17.3 Å². The zero-order chi connectivity index (χ0) is 9.68. The fourth-order valence-corrected chi connectivity index (χ4v) is 1.15. The van der Waals surface area contributed by atoms with Gasteiger partial charge in [-0.1, -0.05) is 12.2 Å². The van der Waals surface area contributed by atoms with Gasteiger partial charge in [-0.05, 0) is 13.3 Å². The predicted molar refractivity (Wildman–Crippen MR) is 52.3 cm³/mol. The van der Waals surface area contributed by atoms with E-state index in [2.05, 4.69) is 5.10 Å². The first-order valence-corrected chi connectivity index (χ1v) is 4.46. The molecule has 0 fully saturated rings. The van der Waals surface area contributed by atoms with Crippen LogP contribution in [0.4, 0.5) is 0 Å². The van der Waals surface area contributed by atoms with Crippen LogP contribution in [-0.2, 0) is 4.79 Å². The van der Waals surface area contributed by atoms with E-state index in [4.69, 9.17) is 5.73 Å². The number of amides is 1. The number of nitrogens with zero attached hydrogens (tertiary/aromatic N) is 2. The van der Waals surface area contributed by atoms with Gasteiger partial charge >= 0.3 is 0 Å². The molecule has 0 aromatic heterocycles. The van der Waals surface area contributed by atoms with Crippen LogP contribution in [0.3, 0.4) is 0 Å². The van der Waals surface area contributed by atoms with Crippen molar-refractivity contribution in [2.45, 2.75) is 19.8 Å². The van der Waals surface area contributed by atoms with Gasteiger partial charge < -0.3 is 5.73 Å². The molecule has 2 N–H and O–H groups in total. The van der Waals surface area contributed by atoms with Crippen LogP contribution in [0.1, 0.15) is 19.8 Å². The molecule has 0 unspecified atom stereocenters. The molecule has 0 aromatic carbocycles. The first-order chi connectivity index (χ1) is 6.27. The Hall–Kier alpha value is -1.16. The van der Waals surface area contributed by atoms with Gasteiger partial charge in [0.2, 0.25) is 5.91 Å². The lowest BCUT2D eigenvalue weighted by molar-refractivity contribution is -0.131. The van der Waals surface area contributed by atoms with E-state index in [1.807, 2.05) is 19.1 Å². The van der Waals surface area contributed by atoms with Gasteiger partial charge in [-0.15, -0.1) is 0 Å². The van der Waals surface area contributed by atoms with Crippen molar-refractivity contribution in [2.24, 2.45) is 10.8 Å². The summed E-state index contributed by atoms with van der Waals surface area (Å²) in [5.41, 5.74) is 6.36. The highest BCUT2D eigenvalue weighted by molar-refractivity contribution is 5.93. The quantitative estimate of drug-likeness (QED) is 0.644. The maximum Gasteiger partial charge on any atom is 0.243 e. The molecule has 1 rings (SSSR count). The lowest BCUT2D eigenvalue weighted by Crippen LogP contribution is -2.34. The second-order valence-electron chi connectivity index (χ2n) is 2.92. The van der Waals surface area contributed by atoms with E-state index in [0.717, 1.165) is 5.71 Å². The van der Waals surface area contributed by atoms with Crippen molar-refractivity contribution >= 4 is 11.6 Å². The van der Waals surface area contributed by atoms with Crippen LogP contribution < -0.4 is 5.73 Å². The van der Waals surface area contributed by atoms with Gasteiger partial charge in [0, 0.05) is 13.0 Å². The minimum atomic E-state index is 0.0790. The topological polar surface area (TPSA) is 58.7 Å². The number of carbonyl (C=O) groups excluding carboxylic acids is 1. The second kappa shape index (κ2) is 4.77. The Morgan fingerprint density at radius 1 is 1.62 bits per heavy atom. The van der Waals surface area contributed by atoms with Crippen molar-refractivity contribution in [3.8, 4) is 0 Å². The summed E-state index contributed by atoms with van der Waals surface area (Å²) in [6.45, 7) is 2.92.